The second-order valence-electron chi connectivity index (χ2n) is 13.3. The van der Waals surface area contributed by atoms with Gasteiger partial charge in [-0.1, -0.05) is 72.0 Å². The van der Waals surface area contributed by atoms with Gasteiger partial charge in [-0.25, -0.2) is 0 Å². The van der Waals surface area contributed by atoms with Crippen LogP contribution in [0.25, 0.3) is 0 Å². The molecule has 0 aliphatic heterocycles. The Morgan fingerprint density at radius 2 is 1.68 bits per heavy atom. The van der Waals surface area contributed by atoms with Crippen molar-refractivity contribution in [3.63, 3.8) is 0 Å². The van der Waals surface area contributed by atoms with Gasteiger partial charge in [-0.05, 0) is 91.8 Å². The maximum Gasteiger partial charge on any atom is 0.0619 e. The molecule has 0 amide bonds. The van der Waals surface area contributed by atoms with Gasteiger partial charge in [0.1, 0.15) is 0 Å². The number of aliphatic hydroxyl groups excluding tert-OH is 2. The summed E-state index contributed by atoms with van der Waals surface area (Å²) in [4.78, 5) is 0. The third-order valence-electron chi connectivity index (χ3n) is 11.3. The minimum atomic E-state index is -0.353. The second-order valence-corrected chi connectivity index (χ2v) is 13.3. The summed E-state index contributed by atoms with van der Waals surface area (Å²) in [5.74, 6) is 3.78. The maximum absolute atomic E-state index is 10.8. The topological polar surface area (TPSA) is 40.5 Å². The summed E-state index contributed by atoms with van der Waals surface area (Å²) >= 11 is 0. The molecule has 0 aromatic heterocycles. The van der Waals surface area contributed by atoms with Gasteiger partial charge in [-0.3, -0.25) is 0 Å². The maximum atomic E-state index is 10.8. The lowest BCUT2D eigenvalue weighted by atomic mass is 9.45. The molecule has 0 spiro atoms. The molecule has 0 heterocycles. The molecule has 0 aromatic carbocycles. The van der Waals surface area contributed by atoms with Gasteiger partial charge in [0, 0.05) is 5.41 Å². The van der Waals surface area contributed by atoms with Gasteiger partial charge < -0.3 is 10.2 Å². The van der Waals surface area contributed by atoms with Crippen LogP contribution in [0.3, 0.4) is 0 Å². The minimum Gasteiger partial charge on any atom is -0.396 e. The van der Waals surface area contributed by atoms with Gasteiger partial charge >= 0.3 is 0 Å². The molecule has 4 rings (SSSR count). The number of rotatable bonds is 6. The zero-order valence-electron chi connectivity index (χ0n) is 21.3. The largest absolute Gasteiger partial charge is 0.396 e. The van der Waals surface area contributed by atoms with Gasteiger partial charge in [0.05, 0.1) is 12.7 Å². The Morgan fingerprint density at radius 1 is 0.935 bits per heavy atom. The smallest absolute Gasteiger partial charge is 0.0619 e. The molecule has 2 saturated carbocycles. The molecule has 0 aromatic rings. The van der Waals surface area contributed by atoms with Crippen LogP contribution in [-0.2, 0) is 0 Å². The van der Waals surface area contributed by atoms with Crippen LogP contribution >= 0.6 is 0 Å². The summed E-state index contributed by atoms with van der Waals surface area (Å²) in [7, 11) is 0. The fraction of sp³-hybridized carbons (Fsp3) is 0.931. The van der Waals surface area contributed by atoms with E-state index in [1.165, 1.54) is 51.4 Å². The van der Waals surface area contributed by atoms with Crippen molar-refractivity contribution >= 4 is 0 Å². The molecule has 0 saturated heterocycles. The van der Waals surface area contributed by atoms with Crippen molar-refractivity contribution in [3.05, 3.63) is 11.1 Å². The first-order valence-electron chi connectivity index (χ1n) is 13.6. The van der Waals surface area contributed by atoms with E-state index in [0.29, 0.717) is 11.3 Å². The van der Waals surface area contributed by atoms with Crippen LogP contribution < -0.4 is 0 Å². The molecule has 2 N–H and O–H groups in total. The van der Waals surface area contributed by atoms with E-state index in [4.69, 9.17) is 0 Å². The van der Waals surface area contributed by atoms with Crippen molar-refractivity contribution < 1.29 is 10.2 Å². The highest BCUT2D eigenvalue weighted by Crippen LogP contribution is 2.68. The van der Waals surface area contributed by atoms with E-state index in [0.717, 1.165) is 42.9 Å². The molecule has 0 radical (unpaired) electrons. The summed E-state index contributed by atoms with van der Waals surface area (Å²) in [6.07, 6.45) is 13.6. The number of fused-ring (bicyclic) bond motifs is 4. The van der Waals surface area contributed by atoms with Gasteiger partial charge in [0.25, 0.3) is 0 Å². The van der Waals surface area contributed by atoms with E-state index < -0.39 is 0 Å². The van der Waals surface area contributed by atoms with Gasteiger partial charge in [-0.2, -0.15) is 0 Å². The highest BCUT2D eigenvalue weighted by Gasteiger charge is 2.60. The first kappa shape index (κ1) is 23.8. The van der Waals surface area contributed by atoms with E-state index in [1.54, 1.807) is 5.57 Å². The third kappa shape index (κ3) is 3.67. The van der Waals surface area contributed by atoms with E-state index in [-0.39, 0.29) is 23.5 Å². The molecule has 31 heavy (non-hydrogen) atoms. The number of hydrogen-bond donors (Lipinski definition) is 2. The van der Waals surface area contributed by atoms with Crippen molar-refractivity contribution in [2.75, 3.05) is 6.61 Å². The molecule has 0 bridgehead atoms. The fourth-order valence-electron chi connectivity index (χ4n) is 9.35. The predicted octanol–water partition coefficient (Wildman–Crippen LogP) is 7.14. The molecule has 4 aliphatic rings. The Bertz CT molecular complexity index is 695. The van der Waals surface area contributed by atoms with Gasteiger partial charge in [-0.15, -0.1) is 0 Å². The van der Waals surface area contributed by atoms with Crippen molar-refractivity contribution in [2.45, 2.75) is 118 Å². The lowest BCUT2D eigenvalue weighted by Gasteiger charge is -2.60. The van der Waals surface area contributed by atoms with Gasteiger partial charge in [0.2, 0.25) is 0 Å². The van der Waals surface area contributed by atoms with Crippen LogP contribution in [0, 0.1) is 45.8 Å². The number of allylic oxidation sites excluding steroid dienone is 2. The van der Waals surface area contributed by atoms with E-state index >= 15 is 0 Å². The molecule has 0 unspecified atom stereocenters. The summed E-state index contributed by atoms with van der Waals surface area (Å²) in [6, 6.07) is 0. The molecule has 8 atom stereocenters. The summed E-state index contributed by atoms with van der Waals surface area (Å²) in [5.41, 5.74) is 3.95. The average molecular weight is 431 g/mol. The lowest BCUT2D eigenvalue weighted by Crippen LogP contribution is -2.56. The zero-order valence-corrected chi connectivity index (χ0v) is 21.3. The molecule has 2 nitrogen and oxygen atoms in total. The summed E-state index contributed by atoms with van der Waals surface area (Å²) in [6.45, 7) is 14.7. The molecule has 2 heteroatoms. The Balaban J connectivity index is 1.58. The highest BCUT2D eigenvalue weighted by molar-refractivity contribution is 5.35. The predicted molar refractivity (Wildman–Crippen MR) is 130 cm³/mol. The van der Waals surface area contributed by atoms with Crippen LogP contribution in [0.1, 0.15) is 112 Å². The van der Waals surface area contributed by atoms with Crippen LogP contribution in [-0.4, -0.2) is 22.9 Å². The lowest BCUT2D eigenvalue weighted by molar-refractivity contribution is -0.126. The van der Waals surface area contributed by atoms with Crippen molar-refractivity contribution in [2.24, 2.45) is 45.8 Å². The first-order valence-corrected chi connectivity index (χ1v) is 13.6. The standard InChI is InChI=1S/C29H50O2/c1-19(2)8-7-9-20(3)22-11-12-23-21-10-13-25-28(5,24(21)14-16-27(22,23)4)17-15-26(31)29(25,6)18-30/h19-20,22-23,25-26,30-31H,7-18H2,1-6H3/t20-,22-,23+,25-,26+,27-,28-,29+/m1/s1. The Morgan fingerprint density at radius 3 is 2.35 bits per heavy atom. The Labute approximate surface area is 192 Å². The third-order valence-corrected chi connectivity index (χ3v) is 11.3. The van der Waals surface area contributed by atoms with Crippen molar-refractivity contribution in [1.82, 2.24) is 0 Å². The quantitative estimate of drug-likeness (QED) is 0.440. The number of hydrogen-bond acceptors (Lipinski definition) is 2. The van der Waals surface area contributed by atoms with Crippen LogP contribution in [0.15, 0.2) is 11.1 Å². The Kier molecular flexibility index (Phi) is 6.50. The van der Waals surface area contributed by atoms with E-state index in [9.17, 15) is 10.2 Å². The van der Waals surface area contributed by atoms with Crippen LogP contribution in [0.5, 0.6) is 0 Å². The molecular weight excluding hydrogens is 380 g/mol. The van der Waals surface area contributed by atoms with Gasteiger partial charge in [0.15, 0.2) is 0 Å². The van der Waals surface area contributed by atoms with Crippen molar-refractivity contribution in [1.29, 1.82) is 0 Å². The fourth-order valence-corrected chi connectivity index (χ4v) is 9.35. The minimum absolute atomic E-state index is 0.119. The molecule has 4 aliphatic carbocycles. The van der Waals surface area contributed by atoms with Crippen LogP contribution in [0.2, 0.25) is 0 Å². The van der Waals surface area contributed by atoms with Crippen LogP contribution in [0.4, 0.5) is 0 Å². The second kappa shape index (κ2) is 8.46. The Hall–Kier alpha value is -0.340. The highest BCUT2D eigenvalue weighted by atomic mass is 16.3. The summed E-state index contributed by atoms with van der Waals surface area (Å²) < 4.78 is 0. The molecule has 2 fully saturated rings. The molecular formula is C29H50O2. The number of aliphatic hydroxyl groups is 2. The monoisotopic (exact) mass is 430 g/mol. The normalized spacial score (nSPS) is 46.0. The average Bonchev–Trinajstić information content (AvgIpc) is 3.08. The molecule has 178 valence electrons. The zero-order chi connectivity index (χ0) is 22.6. The SMILES string of the molecule is CC(C)CCC[C@@H](C)[C@H]1CC[C@H]2C3=C(CC[C@]12C)[C@@]1(C)CC[C@H](O)[C@@](C)(CO)[C@@H]1CC3. The van der Waals surface area contributed by atoms with E-state index in [2.05, 4.69) is 41.5 Å². The van der Waals surface area contributed by atoms with E-state index in [1.807, 2.05) is 5.57 Å². The van der Waals surface area contributed by atoms with Crippen molar-refractivity contribution in [3.8, 4) is 0 Å². The summed E-state index contributed by atoms with van der Waals surface area (Å²) in [5, 5.41) is 21.1. The first-order chi connectivity index (χ1) is 14.6.